The maximum absolute atomic E-state index is 5.83. The number of pyridine rings is 1. The molecule has 1 aromatic heterocycles. The van der Waals surface area contributed by atoms with Gasteiger partial charge in [0.25, 0.3) is 0 Å². The number of aliphatic imine (C=N–C) groups is 1. The van der Waals surface area contributed by atoms with Crippen LogP contribution in [0.3, 0.4) is 0 Å². The van der Waals surface area contributed by atoms with E-state index >= 15 is 0 Å². The predicted octanol–water partition coefficient (Wildman–Crippen LogP) is 4.64. The fourth-order valence-electron chi connectivity index (χ4n) is 3.68. The fraction of sp³-hybridized carbons (Fsp3) is 0.478. The molecular weight excluding hydrogens is 509 g/mol. The van der Waals surface area contributed by atoms with E-state index in [9.17, 15) is 0 Å². The summed E-state index contributed by atoms with van der Waals surface area (Å²) < 4.78 is 0. The normalized spacial score (nSPS) is 15.2. The molecule has 0 spiro atoms. The van der Waals surface area contributed by atoms with Crippen molar-refractivity contribution in [3.63, 3.8) is 0 Å². The molecule has 2 aromatic rings. The molecule has 2 heterocycles. The third-order valence-electron chi connectivity index (χ3n) is 5.27. The lowest BCUT2D eigenvalue weighted by Crippen LogP contribution is -2.37. The van der Waals surface area contributed by atoms with Gasteiger partial charge in [-0.3, -0.25) is 9.89 Å². The SMILES string of the molecule is CN=C(NCCc1ccc(Cl)nc1)NCc1cccc(CN2CCCCCC2)c1.I. The van der Waals surface area contributed by atoms with E-state index < -0.39 is 0 Å². The van der Waals surface area contributed by atoms with Gasteiger partial charge >= 0.3 is 0 Å². The number of rotatable bonds is 7. The number of guanidine groups is 1. The summed E-state index contributed by atoms with van der Waals surface area (Å²) >= 11 is 5.83. The fourth-order valence-corrected chi connectivity index (χ4v) is 3.79. The van der Waals surface area contributed by atoms with Crippen LogP contribution in [0.5, 0.6) is 0 Å². The topological polar surface area (TPSA) is 52.6 Å². The molecule has 0 unspecified atom stereocenters. The molecule has 164 valence electrons. The van der Waals surface area contributed by atoms with Gasteiger partial charge in [0.05, 0.1) is 0 Å². The van der Waals surface area contributed by atoms with Crippen molar-refractivity contribution >= 4 is 41.5 Å². The average molecular weight is 542 g/mol. The van der Waals surface area contributed by atoms with E-state index in [0.717, 1.165) is 37.6 Å². The van der Waals surface area contributed by atoms with Gasteiger partial charge < -0.3 is 10.6 Å². The summed E-state index contributed by atoms with van der Waals surface area (Å²) in [5.74, 6) is 0.810. The molecule has 0 radical (unpaired) electrons. The molecule has 0 bridgehead atoms. The molecule has 5 nitrogen and oxygen atoms in total. The van der Waals surface area contributed by atoms with E-state index in [1.807, 2.05) is 18.3 Å². The van der Waals surface area contributed by atoms with Crippen LogP contribution in [-0.2, 0) is 19.5 Å². The van der Waals surface area contributed by atoms with Gasteiger partial charge in [-0.1, -0.05) is 54.8 Å². The van der Waals surface area contributed by atoms with Gasteiger partial charge in [-0.15, -0.1) is 24.0 Å². The van der Waals surface area contributed by atoms with E-state index in [1.54, 1.807) is 7.05 Å². The number of hydrogen-bond acceptors (Lipinski definition) is 3. The van der Waals surface area contributed by atoms with Gasteiger partial charge in [-0.25, -0.2) is 4.98 Å². The Morgan fingerprint density at radius 3 is 2.50 bits per heavy atom. The number of benzene rings is 1. The molecule has 1 saturated heterocycles. The van der Waals surface area contributed by atoms with E-state index in [4.69, 9.17) is 11.6 Å². The minimum atomic E-state index is 0. The van der Waals surface area contributed by atoms with Gasteiger partial charge in [0.15, 0.2) is 5.96 Å². The van der Waals surface area contributed by atoms with Crippen molar-refractivity contribution in [3.05, 3.63) is 64.4 Å². The number of likely N-dealkylation sites (tertiary alicyclic amines) is 1. The second kappa shape index (κ2) is 13.8. The number of hydrogen-bond donors (Lipinski definition) is 2. The van der Waals surface area contributed by atoms with Crippen LogP contribution in [0.4, 0.5) is 0 Å². The second-order valence-electron chi connectivity index (χ2n) is 7.60. The Morgan fingerprint density at radius 2 is 1.80 bits per heavy atom. The molecule has 30 heavy (non-hydrogen) atoms. The Labute approximate surface area is 202 Å². The summed E-state index contributed by atoms with van der Waals surface area (Å²) in [6.45, 7) is 5.05. The standard InChI is InChI=1S/C23H32ClN5.HI/c1-25-23(26-12-11-19-9-10-22(24)27-16-19)28-17-20-7-6-8-21(15-20)18-29-13-4-2-3-5-14-29;/h6-10,15-16H,2-5,11-14,17-18H2,1H3,(H2,25,26,28);1H. The molecule has 7 heteroatoms. The zero-order chi connectivity index (χ0) is 20.3. The van der Waals surface area contributed by atoms with E-state index in [2.05, 4.69) is 49.8 Å². The minimum absolute atomic E-state index is 0. The highest BCUT2D eigenvalue weighted by Crippen LogP contribution is 2.14. The summed E-state index contributed by atoms with van der Waals surface area (Å²) in [6, 6.07) is 12.7. The third-order valence-corrected chi connectivity index (χ3v) is 5.50. The molecule has 1 aliphatic heterocycles. The maximum atomic E-state index is 5.83. The zero-order valence-corrected chi connectivity index (χ0v) is 20.8. The zero-order valence-electron chi connectivity index (χ0n) is 17.7. The number of nitrogens with zero attached hydrogens (tertiary/aromatic N) is 3. The summed E-state index contributed by atoms with van der Waals surface area (Å²) in [4.78, 5) is 11.0. The molecule has 0 amide bonds. The van der Waals surface area contributed by atoms with Crippen molar-refractivity contribution in [2.45, 2.75) is 45.2 Å². The largest absolute Gasteiger partial charge is 0.356 e. The highest BCUT2D eigenvalue weighted by molar-refractivity contribution is 14.0. The molecule has 2 N–H and O–H groups in total. The van der Waals surface area contributed by atoms with Crippen LogP contribution >= 0.6 is 35.6 Å². The van der Waals surface area contributed by atoms with Gasteiger partial charge in [-0.05, 0) is 55.1 Å². The van der Waals surface area contributed by atoms with Crippen LogP contribution in [0, 0.1) is 0 Å². The number of aromatic nitrogens is 1. The minimum Gasteiger partial charge on any atom is -0.356 e. The highest BCUT2D eigenvalue weighted by Gasteiger charge is 2.09. The Morgan fingerprint density at radius 1 is 1.03 bits per heavy atom. The number of nitrogens with one attached hydrogen (secondary N) is 2. The van der Waals surface area contributed by atoms with Crippen molar-refractivity contribution in [2.75, 3.05) is 26.7 Å². The molecular formula is C23H33ClIN5. The van der Waals surface area contributed by atoms with Gasteiger partial charge in [-0.2, -0.15) is 0 Å². The quantitative estimate of drug-likeness (QED) is 0.232. The summed E-state index contributed by atoms with van der Waals surface area (Å²) in [6.07, 6.45) is 8.10. The smallest absolute Gasteiger partial charge is 0.191 e. The highest BCUT2D eigenvalue weighted by atomic mass is 127. The van der Waals surface area contributed by atoms with Crippen molar-refractivity contribution in [1.82, 2.24) is 20.5 Å². The van der Waals surface area contributed by atoms with Crippen LogP contribution in [0.15, 0.2) is 47.6 Å². The van der Waals surface area contributed by atoms with Crippen molar-refractivity contribution in [2.24, 2.45) is 4.99 Å². The molecule has 0 aliphatic carbocycles. The lowest BCUT2D eigenvalue weighted by atomic mass is 10.1. The monoisotopic (exact) mass is 541 g/mol. The molecule has 3 rings (SSSR count). The van der Waals surface area contributed by atoms with Crippen LogP contribution in [-0.4, -0.2) is 42.5 Å². The van der Waals surface area contributed by atoms with Gasteiger partial charge in [0.1, 0.15) is 5.15 Å². The maximum Gasteiger partial charge on any atom is 0.191 e. The Hall–Kier alpha value is -1.38. The van der Waals surface area contributed by atoms with Crippen LogP contribution in [0.2, 0.25) is 5.15 Å². The first-order valence-corrected chi connectivity index (χ1v) is 11.0. The molecule has 1 aliphatic rings. The Bertz CT molecular complexity index is 773. The van der Waals surface area contributed by atoms with E-state index in [0.29, 0.717) is 5.15 Å². The Balaban J connectivity index is 0.00000320. The first-order chi connectivity index (χ1) is 14.2. The molecule has 0 atom stereocenters. The van der Waals surface area contributed by atoms with E-state index in [-0.39, 0.29) is 24.0 Å². The van der Waals surface area contributed by atoms with Gasteiger partial charge in [0, 0.05) is 32.9 Å². The number of halogens is 2. The lowest BCUT2D eigenvalue weighted by Gasteiger charge is -2.20. The predicted molar refractivity (Wildman–Crippen MR) is 137 cm³/mol. The van der Waals surface area contributed by atoms with Crippen LogP contribution < -0.4 is 10.6 Å². The first-order valence-electron chi connectivity index (χ1n) is 10.6. The van der Waals surface area contributed by atoms with Gasteiger partial charge in [0.2, 0.25) is 0 Å². The van der Waals surface area contributed by atoms with Crippen molar-refractivity contribution < 1.29 is 0 Å². The van der Waals surface area contributed by atoms with E-state index in [1.165, 1.54) is 49.9 Å². The lowest BCUT2D eigenvalue weighted by molar-refractivity contribution is 0.277. The van der Waals surface area contributed by atoms with Crippen molar-refractivity contribution in [1.29, 1.82) is 0 Å². The summed E-state index contributed by atoms with van der Waals surface area (Å²) in [7, 11) is 1.80. The van der Waals surface area contributed by atoms with Crippen LogP contribution in [0.1, 0.15) is 42.4 Å². The summed E-state index contributed by atoms with van der Waals surface area (Å²) in [5.41, 5.74) is 3.82. The molecule has 1 fully saturated rings. The average Bonchev–Trinajstić information content (AvgIpc) is 3.01. The molecule has 0 saturated carbocycles. The first kappa shape index (κ1) is 24.9. The summed E-state index contributed by atoms with van der Waals surface area (Å²) in [5, 5.41) is 7.30. The Kier molecular flexibility index (Phi) is 11.5. The van der Waals surface area contributed by atoms with Crippen LogP contribution in [0.25, 0.3) is 0 Å². The molecule has 1 aromatic carbocycles. The van der Waals surface area contributed by atoms with Crippen molar-refractivity contribution in [3.8, 4) is 0 Å². The third kappa shape index (κ3) is 8.78. The second-order valence-corrected chi connectivity index (χ2v) is 7.99.